The second-order valence-electron chi connectivity index (χ2n) is 3.99. The van der Waals surface area contributed by atoms with E-state index in [1.807, 2.05) is 0 Å². The molecule has 6 N–H and O–H groups in total. The van der Waals surface area contributed by atoms with Gasteiger partial charge < -0.3 is 30.6 Å². The zero-order valence-electron chi connectivity index (χ0n) is 11.0. The fraction of sp³-hybridized carbons (Fsp3) is 0. The number of aromatic carboxylic acids is 2. The lowest BCUT2D eigenvalue weighted by Gasteiger charge is -1.99. The molecule has 22 heavy (non-hydrogen) atoms. The van der Waals surface area contributed by atoms with E-state index in [4.69, 9.17) is 30.6 Å². The minimum Gasteiger partial charge on any atom is -0.504 e. The number of para-hydroxylation sites is 1. The topological polar surface area (TPSA) is 156 Å². The van der Waals surface area contributed by atoms with E-state index in [0.29, 0.717) is 0 Å². The van der Waals surface area contributed by atoms with Gasteiger partial charge in [-0.2, -0.15) is 0 Å². The number of hydrogen-bond acceptors (Lipinski definition) is 6. The van der Waals surface area contributed by atoms with Crippen molar-refractivity contribution in [1.82, 2.24) is 0 Å². The van der Waals surface area contributed by atoms with Gasteiger partial charge in [0.1, 0.15) is 5.56 Å². The lowest BCUT2D eigenvalue weighted by atomic mass is 10.2. The first-order valence-electron chi connectivity index (χ1n) is 5.73. The first-order chi connectivity index (χ1) is 10.2. The number of phenols is 4. The fourth-order valence-electron chi connectivity index (χ4n) is 1.36. The lowest BCUT2D eigenvalue weighted by Crippen LogP contribution is -1.95. The highest BCUT2D eigenvalue weighted by Crippen LogP contribution is 2.27. The molecule has 0 aliphatic heterocycles. The molecule has 8 nitrogen and oxygen atoms in total. The molecule has 8 heteroatoms. The normalized spacial score (nSPS) is 9.45. The lowest BCUT2D eigenvalue weighted by molar-refractivity contribution is 0.0683. The Morgan fingerprint density at radius 2 is 1.36 bits per heavy atom. The van der Waals surface area contributed by atoms with Gasteiger partial charge in [-0.15, -0.1) is 0 Å². The van der Waals surface area contributed by atoms with E-state index in [-0.39, 0.29) is 16.9 Å². The zero-order valence-corrected chi connectivity index (χ0v) is 11.0. The molecule has 0 aliphatic rings. The summed E-state index contributed by atoms with van der Waals surface area (Å²) in [4.78, 5) is 20.6. The average Bonchev–Trinajstić information content (AvgIpc) is 2.45. The van der Waals surface area contributed by atoms with Crippen LogP contribution in [-0.4, -0.2) is 42.6 Å². The number of aromatic hydroxyl groups is 4. The Morgan fingerprint density at radius 1 is 0.727 bits per heavy atom. The standard InChI is InChI=1S/2C7H6O4/c8-5-2-1-4(7(10)11)3-6(5)9;8-5-3-1-2-4(6(5)9)7(10)11/h2*1-3,8-9H,(H,10,11). The molecule has 0 spiro atoms. The summed E-state index contributed by atoms with van der Waals surface area (Å²) in [7, 11) is 0. The van der Waals surface area contributed by atoms with E-state index in [0.717, 1.165) is 12.1 Å². The van der Waals surface area contributed by atoms with Crippen LogP contribution in [0.5, 0.6) is 23.0 Å². The van der Waals surface area contributed by atoms with Gasteiger partial charge in [0, 0.05) is 0 Å². The van der Waals surface area contributed by atoms with E-state index in [9.17, 15) is 9.59 Å². The molecule has 2 aromatic rings. The molecule has 0 fully saturated rings. The molecule has 0 aliphatic carbocycles. The zero-order chi connectivity index (χ0) is 16.9. The highest BCUT2D eigenvalue weighted by molar-refractivity contribution is 5.91. The van der Waals surface area contributed by atoms with Crippen LogP contribution >= 0.6 is 0 Å². The molecule has 0 amide bonds. The quantitative estimate of drug-likeness (QED) is 0.457. The third-order valence-electron chi connectivity index (χ3n) is 2.47. The Hall–Kier alpha value is -3.42. The van der Waals surface area contributed by atoms with E-state index >= 15 is 0 Å². The van der Waals surface area contributed by atoms with Crippen molar-refractivity contribution in [3.05, 3.63) is 47.5 Å². The summed E-state index contributed by atoms with van der Waals surface area (Å²) in [5.74, 6) is -4.18. The van der Waals surface area contributed by atoms with E-state index in [1.165, 1.54) is 24.3 Å². The van der Waals surface area contributed by atoms with Gasteiger partial charge in [-0.1, -0.05) is 6.07 Å². The predicted molar refractivity (Wildman–Crippen MR) is 73.5 cm³/mol. The summed E-state index contributed by atoms with van der Waals surface area (Å²) in [5, 5.41) is 52.2. The second kappa shape index (κ2) is 6.84. The smallest absolute Gasteiger partial charge is 0.339 e. The number of carboxylic acids is 2. The summed E-state index contributed by atoms with van der Waals surface area (Å²) < 4.78 is 0. The molecule has 0 heterocycles. The molecule has 0 saturated carbocycles. The van der Waals surface area contributed by atoms with Crippen molar-refractivity contribution in [1.29, 1.82) is 0 Å². The molecule has 2 aromatic carbocycles. The van der Waals surface area contributed by atoms with Crippen LogP contribution in [0.1, 0.15) is 20.7 Å². The van der Waals surface area contributed by atoms with Crippen LogP contribution in [0.3, 0.4) is 0 Å². The van der Waals surface area contributed by atoms with E-state index < -0.39 is 29.2 Å². The molecule has 0 radical (unpaired) electrons. The van der Waals surface area contributed by atoms with Crippen LogP contribution in [-0.2, 0) is 0 Å². The molecule has 0 saturated heterocycles. The number of phenolic OH excluding ortho intramolecular Hbond substituents is 3. The molecule has 0 unspecified atom stereocenters. The molecular formula is C14H12O8. The molecule has 0 atom stereocenters. The average molecular weight is 308 g/mol. The van der Waals surface area contributed by atoms with Crippen molar-refractivity contribution in [3.63, 3.8) is 0 Å². The van der Waals surface area contributed by atoms with Crippen LogP contribution < -0.4 is 0 Å². The Kier molecular flexibility index (Phi) is 5.17. The number of carboxylic acid groups (broad SMARTS) is 2. The van der Waals surface area contributed by atoms with Crippen LogP contribution in [0.15, 0.2) is 36.4 Å². The monoisotopic (exact) mass is 308 g/mol. The highest BCUT2D eigenvalue weighted by Gasteiger charge is 2.11. The van der Waals surface area contributed by atoms with Gasteiger partial charge in [-0.25, -0.2) is 9.59 Å². The summed E-state index contributed by atoms with van der Waals surface area (Å²) in [6.45, 7) is 0. The van der Waals surface area contributed by atoms with Gasteiger partial charge in [0.15, 0.2) is 23.0 Å². The van der Waals surface area contributed by atoms with Crippen molar-refractivity contribution < 1.29 is 40.2 Å². The van der Waals surface area contributed by atoms with E-state index in [2.05, 4.69) is 0 Å². The number of benzene rings is 2. The first kappa shape index (κ1) is 16.6. The van der Waals surface area contributed by atoms with Gasteiger partial charge >= 0.3 is 11.9 Å². The summed E-state index contributed by atoms with van der Waals surface area (Å²) >= 11 is 0. The third kappa shape index (κ3) is 4.04. The van der Waals surface area contributed by atoms with Gasteiger partial charge in [-0.3, -0.25) is 0 Å². The molecule has 0 bridgehead atoms. The maximum atomic E-state index is 10.3. The van der Waals surface area contributed by atoms with Crippen LogP contribution in [0, 0.1) is 0 Å². The van der Waals surface area contributed by atoms with Gasteiger partial charge in [-0.05, 0) is 30.3 Å². The van der Waals surface area contributed by atoms with Crippen LogP contribution in [0.25, 0.3) is 0 Å². The maximum Gasteiger partial charge on any atom is 0.339 e. The summed E-state index contributed by atoms with van der Waals surface area (Å²) in [6, 6.07) is 7.07. The number of carbonyl (C=O) groups is 2. The first-order valence-corrected chi connectivity index (χ1v) is 5.73. The van der Waals surface area contributed by atoms with Gasteiger partial charge in [0.25, 0.3) is 0 Å². The SMILES string of the molecule is O=C(O)c1ccc(O)c(O)c1.O=C(O)c1cccc(O)c1O. The minimum atomic E-state index is -1.27. The Bertz CT molecular complexity index is 708. The Labute approximate surface area is 123 Å². The molecule has 116 valence electrons. The summed E-state index contributed by atoms with van der Waals surface area (Å²) in [5.41, 5.74) is -0.356. The second-order valence-corrected chi connectivity index (χ2v) is 3.99. The maximum absolute atomic E-state index is 10.3. The van der Waals surface area contributed by atoms with Crippen molar-refractivity contribution in [2.24, 2.45) is 0 Å². The molecule has 2 rings (SSSR count). The Morgan fingerprint density at radius 3 is 1.82 bits per heavy atom. The largest absolute Gasteiger partial charge is 0.504 e. The number of hydrogen-bond donors (Lipinski definition) is 6. The van der Waals surface area contributed by atoms with Crippen molar-refractivity contribution >= 4 is 11.9 Å². The van der Waals surface area contributed by atoms with Crippen molar-refractivity contribution in [2.45, 2.75) is 0 Å². The van der Waals surface area contributed by atoms with E-state index in [1.54, 1.807) is 0 Å². The van der Waals surface area contributed by atoms with Crippen LogP contribution in [0.2, 0.25) is 0 Å². The molecule has 0 aromatic heterocycles. The van der Waals surface area contributed by atoms with Gasteiger partial charge in [0.05, 0.1) is 5.56 Å². The van der Waals surface area contributed by atoms with Crippen molar-refractivity contribution in [2.75, 3.05) is 0 Å². The third-order valence-corrected chi connectivity index (χ3v) is 2.47. The minimum absolute atomic E-state index is 0.0553. The highest BCUT2D eigenvalue weighted by atomic mass is 16.4. The summed E-state index contributed by atoms with van der Waals surface area (Å²) in [6.07, 6.45) is 0. The van der Waals surface area contributed by atoms with Gasteiger partial charge in [0.2, 0.25) is 0 Å². The number of rotatable bonds is 2. The fourth-order valence-corrected chi connectivity index (χ4v) is 1.36. The van der Waals surface area contributed by atoms with Crippen LogP contribution in [0.4, 0.5) is 0 Å². The predicted octanol–water partition coefficient (Wildman–Crippen LogP) is 1.59. The Balaban J connectivity index is 0.000000220. The van der Waals surface area contributed by atoms with Crippen molar-refractivity contribution in [3.8, 4) is 23.0 Å². The molecular weight excluding hydrogens is 296 g/mol.